The lowest BCUT2D eigenvalue weighted by molar-refractivity contribution is -0.113. The Kier molecular flexibility index (Phi) is 7.05. The third kappa shape index (κ3) is 5.64. The number of rotatable bonds is 9. The first-order chi connectivity index (χ1) is 12.9. The van der Waals surface area contributed by atoms with Crippen LogP contribution in [-0.4, -0.2) is 18.8 Å². The molecule has 2 aromatic rings. The second-order valence-corrected chi connectivity index (χ2v) is 5.68. The van der Waals surface area contributed by atoms with Gasteiger partial charge in [0.05, 0.1) is 12.2 Å². The number of carbonyl (C=O) groups excluding carboxylic acids is 2. The van der Waals surface area contributed by atoms with E-state index in [1.165, 1.54) is 12.1 Å². The molecule has 142 valence electrons. The number of aldehydes is 1. The van der Waals surface area contributed by atoms with E-state index in [1.54, 1.807) is 25.1 Å². The highest BCUT2D eigenvalue weighted by atomic mass is 19.1. The Bertz CT molecular complexity index is 845. The van der Waals surface area contributed by atoms with Crippen molar-refractivity contribution in [2.75, 3.05) is 6.61 Å². The van der Waals surface area contributed by atoms with Crippen molar-refractivity contribution in [1.29, 1.82) is 0 Å². The van der Waals surface area contributed by atoms with Crippen molar-refractivity contribution in [3.8, 4) is 11.5 Å². The molecule has 0 atom stereocenters. The van der Waals surface area contributed by atoms with Crippen molar-refractivity contribution < 1.29 is 27.8 Å². The molecule has 0 radical (unpaired) electrons. The molecule has 0 heterocycles. The van der Waals surface area contributed by atoms with E-state index in [1.807, 2.05) is 0 Å². The molecule has 0 saturated carbocycles. The second-order valence-electron chi connectivity index (χ2n) is 5.68. The fourth-order valence-electron chi connectivity index (χ4n) is 2.32. The van der Waals surface area contributed by atoms with Crippen LogP contribution < -0.4 is 15.2 Å². The van der Waals surface area contributed by atoms with Gasteiger partial charge in [0.15, 0.2) is 11.5 Å². The number of allylic oxidation sites excluding steroid dienone is 1. The molecule has 1 amide bonds. The van der Waals surface area contributed by atoms with E-state index in [4.69, 9.17) is 15.2 Å². The van der Waals surface area contributed by atoms with Crippen LogP contribution in [0.25, 0.3) is 5.57 Å². The summed E-state index contributed by atoms with van der Waals surface area (Å²) in [4.78, 5) is 21.6. The minimum atomic E-state index is -0.713. The quantitative estimate of drug-likeness (QED) is 0.414. The molecule has 0 aliphatic rings. The fourth-order valence-corrected chi connectivity index (χ4v) is 2.32. The maximum atomic E-state index is 13.8. The lowest BCUT2D eigenvalue weighted by atomic mass is 10.1. The standard InChI is InChI=1S/C20H19F2NO4/c1-13(10-20(23)25)14-6-7-18(19(11-14)26-9-3-8-24)27-12-15-16(21)4-2-5-17(15)22/h2,4-8,10-11H,3,9,12H2,1H3,(H2,23,25)/b13-10-. The van der Waals surface area contributed by atoms with Crippen molar-refractivity contribution in [2.45, 2.75) is 20.0 Å². The van der Waals surface area contributed by atoms with Gasteiger partial charge in [-0.05, 0) is 42.3 Å². The van der Waals surface area contributed by atoms with Crippen LogP contribution in [0.15, 0.2) is 42.5 Å². The van der Waals surface area contributed by atoms with E-state index >= 15 is 0 Å². The van der Waals surface area contributed by atoms with Gasteiger partial charge in [-0.25, -0.2) is 8.78 Å². The Hall–Kier alpha value is -3.22. The summed E-state index contributed by atoms with van der Waals surface area (Å²) < 4.78 is 38.6. The van der Waals surface area contributed by atoms with Crippen molar-refractivity contribution in [3.63, 3.8) is 0 Å². The van der Waals surface area contributed by atoms with Crippen molar-refractivity contribution in [2.24, 2.45) is 5.73 Å². The summed E-state index contributed by atoms with van der Waals surface area (Å²) in [6.07, 6.45) is 2.14. The molecule has 2 N–H and O–H groups in total. The summed E-state index contributed by atoms with van der Waals surface area (Å²) in [5.41, 5.74) is 6.21. The Morgan fingerprint density at radius 2 is 1.81 bits per heavy atom. The van der Waals surface area contributed by atoms with Crippen LogP contribution >= 0.6 is 0 Å². The average Bonchev–Trinajstić information content (AvgIpc) is 2.61. The molecule has 0 aliphatic carbocycles. The van der Waals surface area contributed by atoms with Gasteiger partial charge in [0.2, 0.25) is 5.91 Å². The number of amides is 1. The summed E-state index contributed by atoms with van der Waals surface area (Å²) in [5.74, 6) is -1.49. The zero-order valence-electron chi connectivity index (χ0n) is 14.7. The Balaban J connectivity index is 2.28. The number of hydrogen-bond donors (Lipinski definition) is 1. The number of nitrogens with two attached hydrogens (primary N) is 1. The number of carbonyl (C=O) groups is 2. The molecular weight excluding hydrogens is 356 g/mol. The average molecular weight is 375 g/mol. The highest BCUT2D eigenvalue weighted by Crippen LogP contribution is 2.32. The highest BCUT2D eigenvalue weighted by Gasteiger charge is 2.13. The first kappa shape index (κ1) is 20.1. The van der Waals surface area contributed by atoms with Crippen LogP contribution in [0, 0.1) is 11.6 Å². The molecule has 2 aromatic carbocycles. The zero-order valence-corrected chi connectivity index (χ0v) is 14.7. The summed E-state index contributed by atoms with van der Waals surface area (Å²) in [6, 6.07) is 8.38. The molecule has 5 nitrogen and oxygen atoms in total. The molecule has 0 aliphatic heterocycles. The normalized spacial score (nSPS) is 11.1. The van der Waals surface area contributed by atoms with E-state index in [9.17, 15) is 18.4 Å². The number of primary amides is 1. The minimum Gasteiger partial charge on any atom is -0.489 e. The van der Waals surface area contributed by atoms with Crippen molar-refractivity contribution in [3.05, 3.63) is 65.2 Å². The Morgan fingerprint density at radius 3 is 2.44 bits per heavy atom. The van der Waals surface area contributed by atoms with E-state index < -0.39 is 17.5 Å². The van der Waals surface area contributed by atoms with Gasteiger partial charge >= 0.3 is 0 Å². The molecule has 0 bridgehead atoms. The minimum absolute atomic E-state index is 0.107. The first-order valence-corrected chi connectivity index (χ1v) is 8.16. The maximum Gasteiger partial charge on any atom is 0.241 e. The number of halogens is 2. The van der Waals surface area contributed by atoms with Gasteiger partial charge in [0, 0.05) is 12.5 Å². The molecule has 2 rings (SSSR count). The van der Waals surface area contributed by atoms with Crippen LogP contribution in [0.4, 0.5) is 8.78 Å². The lowest BCUT2D eigenvalue weighted by Gasteiger charge is -2.14. The maximum absolute atomic E-state index is 13.8. The van der Waals surface area contributed by atoms with Crippen molar-refractivity contribution in [1.82, 2.24) is 0 Å². The predicted octanol–water partition coefficient (Wildman–Crippen LogP) is 3.40. The SMILES string of the molecule is C/C(=C/C(N)=O)c1ccc(OCc2c(F)cccc2F)c(OCCC=O)c1. The van der Waals surface area contributed by atoms with Gasteiger partial charge in [-0.3, -0.25) is 4.79 Å². The largest absolute Gasteiger partial charge is 0.489 e. The smallest absolute Gasteiger partial charge is 0.241 e. The van der Waals surface area contributed by atoms with E-state index in [0.717, 1.165) is 12.1 Å². The van der Waals surface area contributed by atoms with E-state index in [0.29, 0.717) is 17.4 Å². The molecule has 0 spiro atoms. The zero-order chi connectivity index (χ0) is 19.8. The molecule has 0 saturated heterocycles. The van der Waals surface area contributed by atoms with Gasteiger partial charge < -0.3 is 20.0 Å². The van der Waals surface area contributed by atoms with Gasteiger partial charge in [-0.2, -0.15) is 0 Å². The highest BCUT2D eigenvalue weighted by molar-refractivity contribution is 5.93. The molecular formula is C20H19F2NO4. The molecule has 0 fully saturated rings. The first-order valence-electron chi connectivity index (χ1n) is 8.16. The summed E-state index contributed by atoms with van der Waals surface area (Å²) in [6.45, 7) is 1.47. The Labute approximate surface area is 155 Å². The van der Waals surface area contributed by atoms with Gasteiger partial charge in [-0.1, -0.05) is 12.1 Å². The third-order valence-corrected chi connectivity index (χ3v) is 3.68. The monoisotopic (exact) mass is 375 g/mol. The molecule has 0 aromatic heterocycles. The fraction of sp³-hybridized carbons (Fsp3) is 0.200. The Morgan fingerprint density at radius 1 is 1.11 bits per heavy atom. The summed E-state index contributed by atoms with van der Waals surface area (Å²) in [7, 11) is 0. The van der Waals surface area contributed by atoms with Crippen LogP contribution in [0.3, 0.4) is 0 Å². The van der Waals surface area contributed by atoms with Gasteiger partial charge in [0.1, 0.15) is 24.5 Å². The number of benzene rings is 2. The van der Waals surface area contributed by atoms with Crippen LogP contribution in [0.5, 0.6) is 11.5 Å². The van der Waals surface area contributed by atoms with Crippen molar-refractivity contribution >= 4 is 17.8 Å². The van der Waals surface area contributed by atoms with E-state index in [-0.39, 0.29) is 36.7 Å². The second kappa shape index (κ2) is 9.47. The number of hydrogen-bond acceptors (Lipinski definition) is 4. The lowest BCUT2D eigenvalue weighted by Crippen LogP contribution is -2.07. The predicted molar refractivity (Wildman–Crippen MR) is 96.2 cm³/mol. The van der Waals surface area contributed by atoms with Crippen LogP contribution in [0.1, 0.15) is 24.5 Å². The third-order valence-electron chi connectivity index (χ3n) is 3.68. The summed E-state index contributed by atoms with van der Waals surface area (Å²) >= 11 is 0. The van der Waals surface area contributed by atoms with Crippen LogP contribution in [-0.2, 0) is 16.2 Å². The van der Waals surface area contributed by atoms with Gasteiger partial charge in [0.25, 0.3) is 0 Å². The molecule has 7 heteroatoms. The summed E-state index contributed by atoms with van der Waals surface area (Å²) in [5, 5.41) is 0. The van der Waals surface area contributed by atoms with Crippen LogP contribution in [0.2, 0.25) is 0 Å². The van der Waals surface area contributed by atoms with Gasteiger partial charge in [-0.15, -0.1) is 0 Å². The van der Waals surface area contributed by atoms with E-state index in [2.05, 4.69) is 0 Å². The topological polar surface area (TPSA) is 78.6 Å². The molecule has 27 heavy (non-hydrogen) atoms. The molecule has 0 unspecified atom stereocenters. The number of ether oxygens (including phenoxy) is 2.